The Morgan fingerprint density at radius 3 is 1.30 bits per heavy atom. The van der Waals surface area contributed by atoms with Crippen LogP contribution in [0.15, 0.2) is 24.3 Å². The molecule has 0 aliphatic heterocycles. The van der Waals surface area contributed by atoms with E-state index >= 15 is 0 Å². The Labute approximate surface area is 144 Å². The second kappa shape index (κ2) is 7.48. The fourth-order valence-corrected chi connectivity index (χ4v) is 7.69. The van der Waals surface area contributed by atoms with E-state index in [1.165, 1.54) is 52.3 Å². The number of rotatable bonds is 5. The predicted molar refractivity (Wildman–Crippen MR) is 106 cm³/mol. The molecule has 1 radical (unpaired) electrons. The van der Waals surface area contributed by atoms with Crippen molar-refractivity contribution < 1.29 is 0 Å². The molecule has 0 saturated heterocycles. The average molecular weight is 324 g/mol. The first-order chi connectivity index (χ1) is 10.8. The van der Waals surface area contributed by atoms with Crippen LogP contribution < -0.4 is 10.4 Å². The molecule has 23 heavy (non-hydrogen) atoms. The first-order valence-corrected chi connectivity index (χ1v) is 10.6. The van der Waals surface area contributed by atoms with Crippen LogP contribution in [0.4, 0.5) is 0 Å². The lowest BCUT2D eigenvalue weighted by Gasteiger charge is -2.25. The van der Waals surface area contributed by atoms with E-state index in [1.807, 2.05) is 0 Å². The molecule has 0 aromatic heterocycles. The van der Waals surface area contributed by atoms with Crippen LogP contribution in [0.25, 0.3) is 0 Å². The van der Waals surface area contributed by atoms with E-state index in [0.717, 1.165) is 0 Å². The highest BCUT2D eigenvalue weighted by atomic mass is 28.3. The van der Waals surface area contributed by atoms with Gasteiger partial charge < -0.3 is 0 Å². The molecular weight excluding hydrogens is 292 g/mol. The summed E-state index contributed by atoms with van der Waals surface area (Å²) in [5.74, 6) is 0. The molecule has 2 aromatic rings. The molecule has 123 valence electrons. The van der Waals surface area contributed by atoms with Crippen LogP contribution in [0.1, 0.15) is 53.1 Å². The number of unbranched alkanes of at least 4 members (excludes halogenated alkanes) is 1. The molecular formula is C22H31Si. The Morgan fingerprint density at radius 2 is 1.00 bits per heavy atom. The van der Waals surface area contributed by atoms with Crippen LogP contribution in [0.5, 0.6) is 0 Å². The van der Waals surface area contributed by atoms with Crippen LogP contribution in [0, 0.1) is 41.5 Å². The van der Waals surface area contributed by atoms with Gasteiger partial charge in [0.1, 0.15) is 8.80 Å². The van der Waals surface area contributed by atoms with Gasteiger partial charge in [0.15, 0.2) is 0 Å². The maximum Gasteiger partial charge on any atom is 0.122 e. The first-order valence-electron chi connectivity index (χ1n) is 8.87. The molecule has 0 amide bonds. The minimum absolute atomic E-state index is 0.716. The minimum atomic E-state index is -0.716. The number of benzene rings is 2. The summed E-state index contributed by atoms with van der Waals surface area (Å²) in [6, 6.07) is 10.8. The molecule has 0 spiro atoms. The van der Waals surface area contributed by atoms with E-state index < -0.39 is 8.80 Å². The summed E-state index contributed by atoms with van der Waals surface area (Å²) in [6.07, 6.45) is 2.61. The quantitative estimate of drug-likeness (QED) is 0.683. The fourth-order valence-electron chi connectivity index (χ4n) is 4.04. The molecule has 0 aliphatic carbocycles. The van der Waals surface area contributed by atoms with E-state index in [1.54, 1.807) is 10.4 Å². The van der Waals surface area contributed by atoms with Crippen LogP contribution in [0.3, 0.4) is 0 Å². The fraction of sp³-hybridized carbons (Fsp3) is 0.455. The standard InChI is InChI=1S/C22H31Si/c1-8-9-10-23(21-17(4)11-15(2)12-18(21)5)22-19(6)13-16(3)14-20(22)7/h11-14H,8-10H2,1-7H3. The van der Waals surface area contributed by atoms with Gasteiger partial charge in [-0.2, -0.15) is 0 Å². The van der Waals surface area contributed by atoms with E-state index in [9.17, 15) is 0 Å². The summed E-state index contributed by atoms with van der Waals surface area (Å²) in [6.45, 7) is 16.0. The molecule has 0 aliphatic rings. The van der Waals surface area contributed by atoms with Crippen molar-refractivity contribution in [3.05, 3.63) is 57.6 Å². The van der Waals surface area contributed by atoms with Crippen molar-refractivity contribution >= 4 is 19.2 Å². The lowest BCUT2D eigenvalue weighted by Crippen LogP contribution is -2.47. The zero-order valence-electron chi connectivity index (χ0n) is 15.9. The third-order valence-electron chi connectivity index (χ3n) is 4.74. The maximum absolute atomic E-state index is 2.37. The molecule has 0 atom stereocenters. The minimum Gasteiger partial charge on any atom is -0.0654 e. The van der Waals surface area contributed by atoms with Crippen molar-refractivity contribution in [2.24, 2.45) is 0 Å². The highest BCUT2D eigenvalue weighted by Crippen LogP contribution is 2.15. The molecule has 2 rings (SSSR count). The van der Waals surface area contributed by atoms with E-state index in [4.69, 9.17) is 0 Å². The molecule has 2 aromatic carbocycles. The lowest BCUT2D eigenvalue weighted by molar-refractivity contribution is 0.877. The lowest BCUT2D eigenvalue weighted by atomic mass is 10.1. The Kier molecular flexibility index (Phi) is 5.86. The zero-order chi connectivity index (χ0) is 17.1. The van der Waals surface area contributed by atoms with Crippen molar-refractivity contribution in [3.63, 3.8) is 0 Å². The van der Waals surface area contributed by atoms with E-state index in [0.29, 0.717) is 0 Å². The van der Waals surface area contributed by atoms with Gasteiger partial charge >= 0.3 is 0 Å². The third-order valence-corrected chi connectivity index (χ3v) is 8.38. The average Bonchev–Trinajstić information content (AvgIpc) is 2.41. The molecule has 0 heterocycles. The molecule has 1 heteroatoms. The molecule has 0 saturated carbocycles. The van der Waals surface area contributed by atoms with Crippen LogP contribution in [0.2, 0.25) is 6.04 Å². The van der Waals surface area contributed by atoms with Crippen molar-refractivity contribution in [3.8, 4) is 0 Å². The highest BCUT2D eigenvalue weighted by Gasteiger charge is 2.24. The molecule has 0 nitrogen and oxygen atoms in total. The maximum atomic E-state index is 2.37. The summed E-state index contributed by atoms with van der Waals surface area (Å²) in [4.78, 5) is 0. The Morgan fingerprint density at radius 1 is 0.652 bits per heavy atom. The number of hydrogen-bond acceptors (Lipinski definition) is 0. The van der Waals surface area contributed by atoms with Gasteiger partial charge in [0.2, 0.25) is 0 Å². The molecule has 0 unspecified atom stereocenters. The Balaban J connectivity index is 2.64. The van der Waals surface area contributed by atoms with Gasteiger partial charge in [-0.15, -0.1) is 0 Å². The van der Waals surface area contributed by atoms with Gasteiger partial charge in [-0.25, -0.2) is 0 Å². The second-order valence-electron chi connectivity index (χ2n) is 7.13. The van der Waals surface area contributed by atoms with Gasteiger partial charge in [0.25, 0.3) is 0 Å². The number of aryl methyl sites for hydroxylation is 6. The zero-order valence-corrected chi connectivity index (χ0v) is 16.9. The highest BCUT2D eigenvalue weighted by molar-refractivity contribution is 6.86. The molecule has 0 bridgehead atoms. The summed E-state index contributed by atoms with van der Waals surface area (Å²) < 4.78 is 0. The van der Waals surface area contributed by atoms with Gasteiger partial charge in [0, 0.05) is 0 Å². The van der Waals surface area contributed by atoms with Crippen molar-refractivity contribution in [2.75, 3.05) is 0 Å². The summed E-state index contributed by atoms with van der Waals surface area (Å²) in [5, 5.41) is 3.31. The largest absolute Gasteiger partial charge is 0.122 e. The monoisotopic (exact) mass is 323 g/mol. The second-order valence-corrected chi connectivity index (χ2v) is 9.59. The topological polar surface area (TPSA) is 0 Å². The smallest absolute Gasteiger partial charge is 0.0654 e. The normalized spacial score (nSPS) is 11.3. The van der Waals surface area contributed by atoms with E-state index in [2.05, 4.69) is 72.7 Å². The van der Waals surface area contributed by atoms with E-state index in [-0.39, 0.29) is 0 Å². The van der Waals surface area contributed by atoms with Crippen LogP contribution >= 0.6 is 0 Å². The van der Waals surface area contributed by atoms with Crippen LogP contribution in [-0.4, -0.2) is 8.80 Å². The summed E-state index contributed by atoms with van der Waals surface area (Å²) in [5.41, 5.74) is 8.74. The predicted octanol–water partition coefficient (Wildman–Crippen LogP) is 4.95. The first kappa shape index (κ1) is 18.0. The molecule has 0 N–H and O–H groups in total. The summed E-state index contributed by atoms with van der Waals surface area (Å²) in [7, 11) is -0.716. The van der Waals surface area contributed by atoms with Gasteiger partial charge in [0.05, 0.1) is 0 Å². The van der Waals surface area contributed by atoms with Crippen molar-refractivity contribution in [1.82, 2.24) is 0 Å². The third kappa shape index (κ3) is 3.95. The van der Waals surface area contributed by atoms with Crippen LogP contribution in [-0.2, 0) is 0 Å². The summed E-state index contributed by atoms with van der Waals surface area (Å²) >= 11 is 0. The van der Waals surface area contributed by atoms with Crippen molar-refractivity contribution in [2.45, 2.75) is 67.4 Å². The van der Waals surface area contributed by atoms with Gasteiger partial charge in [-0.3, -0.25) is 0 Å². The molecule has 0 fully saturated rings. The number of hydrogen-bond donors (Lipinski definition) is 0. The SMILES string of the molecule is CCCC[Si](c1c(C)cc(C)cc1C)c1c(C)cc(C)cc1C. The Bertz CT molecular complexity index is 594. The van der Waals surface area contributed by atoms with Gasteiger partial charge in [-0.1, -0.05) is 93.8 Å². The Hall–Kier alpha value is -1.34. The van der Waals surface area contributed by atoms with Crippen molar-refractivity contribution in [1.29, 1.82) is 0 Å². The van der Waals surface area contributed by atoms with Gasteiger partial charge in [-0.05, 0) is 41.5 Å².